The first-order valence-corrected chi connectivity index (χ1v) is 14.4. The minimum atomic E-state index is -2.06. The van der Waals surface area contributed by atoms with E-state index in [1.807, 2.05) is 33.8 Å². The van der Waals surface area contributed by atoms with Crippen LogP contribution in [0.1, 0.15) is 54.0 Å². The average molecular weight is 444 g/mol. The van der Waals surface area contributed by atoms with E-state index >= 15 is 0 Å². The Bertz CT molecular complexity index is 704. The summed E-state index contributed by atoms with van der Waals surface area (Å²) < 4.78 is 43.3. The van der Waals surface area contributed by atoms with E-state index in [2.05, 4.69) is 38.6 Å². The molecule has 0 unspecified atom stereocenters. The van der Waals surface area contributed by atoms with Crippen LogP contribution in [0.4, 0.5) is 4.39 Å². The molecule has 166 valence electrons. The molecule has 4 nitrogen and oxygen atoms in total. The third kappa shape index (κ3) is 5.43. The van der Waals surface area contributed by atoms with Crippen molar-refractivity contribution in [1.29, 1.82) is 0 Å². The van der Waals surface area contributed by atoms with Crippen LogP contribution in [0.2, 0.25) is 18.1 Å². The molecule has 0 aliphatic carbocycles. The Morgan fingerprint density at radius 2 is 1.69 bits per heavy atom. The van der Waals surface area contributed by atoms with Crippen LogP contribution < -0.4 is 4.72 Å². The molecule has 1 N–H and O–H groups in total. The monoisotopic (exact) mass is 443 g/mol. The maximum atomic E-state index is 14.9. The molecule has 0 bridgehead atoms. The number of hydrogen-bond acceptors (Lipinski definition) is 4. The van der Waals surface area contributed by atoms with Crippen molar-refractivity contribution >= 4 is 19.7 Å². The van der Waals surface area contributed by atoms with Gasteiger partial charge in [0.25, 0.3) is 0 Å². The Kier molecular flexibility index (Phi) is 7.36. The normalized spacial score (nSPS) is 24.4. The lowest BCUT2D eigenvalue weighted by Gasteiger charge is -2.44. The van der Waals surface area contributed by atoms with Gasteiger partial charge in [-0.1, -0.05) is 39.0 Å². The zero-order valence-corrected chi connectivity index (χ0v) is 21.2. The quantitative estimate of drug-likeness (QED) is 0.489. The second-order valence-electron chi connectivity index (χ2n) is 10.7. The predicted octanol–water partition coefficient (Wildman–Crippen LogP) is 5.13. The summed E-state index contributed by atoms with van der Waals surface area (Å²) in [7, 11) is -2.06. The molecule has 7 heteroatoms. The van der Waals surface area contributed by atoms with Gasteiger partial charge in [0.1, 0.15) is 10.6 Å². The molecule has 1 aromatic rings. The minimum absolute atomic E-state index is 0.0518. The Labute approximate surface area is 180 Å². The van der Waals surface area contributed by atoms with Crippen molar-refractivity contribution in [3.05, 3.63) is 35.6 Å². The van der Waals surface area contributed by atoms with Gasteiger partial charge in [0, 0.05) is 22.8 Å². The van der Waals surface area contributed by atoms with Crippen LogP contribution in [0, 0.1) is 11.7 Å². The molecule has 1 aromatic carbocycles. The van der Waals surface area contributed by atoms with Gasteiger partial charge in [-0.05, 0) is 51.9 Å². The number of ether oxygens (including phenoxy) is 1. The number of nitrogens with one attached hydrogen (secondary N) is 1. The van der Waals surface area contributed by atoms with Gasteiger partial charge >= 0.3 is 0 Å². The lowest BCUT2D eigenvalue weighted by Crippen LogP contribution is -2.58. The Morgan fingerprint density at radius 3 is 2.21 bits per heavy atom. The number of halogens is 1. The summed E-state index contributed by atoms with van der Waals surface area (Å²) in [4.78, 5) is 0. The maximum Gasteiger partial charge on any atom is 0.192 e. The standard InChI is InChI=1S/C22H38FNO3SSi/c1-20(2,3)28(25)24-22(7,16-12-10-11-13-18(16)23)17-14-26-15-19(17)27-29(8,9)21(4,5)6/h10-13,17,19,24H,14-15H2,1-9H3/t17-,19+,22+,28+/m0/s1. The lowest BCUT2D eigenvalue weighted by atomic mass is 9.78. The van der Waals surface area contributed by atoms with E-state index in [0.717, 1.165) is 0 Å². The van der Waals surface area contributed by atoms with Gasteiger partial charge in [-0.15, -0.1) is 4.72 Å². The zero-order valence-electron chi connectivity index (χ0n) is 19.4. The Morgan fingerprint density at radius 1 is 1.10 bits per heavy atom. The highest BCUT2D eigenvalue weighted by atomic mass is 32.2. The van der Waals surface area contributed by atoms with Gasteiger partial charge in [-0.3, -0.25) is 0 Å². The summed E-state index contributed by atoms with van der Waals surface area (Å²) >= 11 is -1.38. The van der Waals surface area contributed by atoms with Crippen LogP contribution >= 0.6 is 0 Å². The second kappa shape index (κ2) is 8.59. The Hall–Kier alpha value is -0.443. The molecule has 0 spiro atoms. The first kappa shape index (κ1) is 24.8. The predicted molar refractivity (Wildman–Crippen MR) is 121 cm³/mol. The van der Waals surface area contributed by atoms with E-state index in [1.54, 1.807) is 12.1 Å². The van der Waals surface area contributed by atoms with E-state index in [0.29, 0.717) is 18.8 Å². The summed E-state index contributed by atoms with van der Waals surface area (Å²) in [5.41, 5.74) is -0.399. The molecule has 0 radical (unpaired) electrons. The highest BCUT2D eigenvalue weighted by molar-refractivity contribution is 7.90. The molecular weight excluding hydrogens is 405 g/mol. The van der Waals surface area contributed by atoms with Crippen molar-refractivity contribution < 1.29 is 18.1 Å². The molecule has 0 amide bonds. The average Bonchev–Trinajstić information content (AvgIpc) is 3.01. The molecule has 2 rings (SSSR count). The molecule has 1 saturated heterocycles. The van der Waals surface area contributed by atoms with E-state index in [1.165, 1.54) is 6.07 Å². The summed E-state index contributed by atoms with van der Waals surface area (Å²) in [6.45, 7) is 19.6. The van der Waals surface area contributed by atoms with Crippen molar-refractivity contribution in [1.82, 2.24) is 4.72 Å². The number of rotatable bonds is 6. The summed E-state index contributed by atoms with van der Waals surface area (Å²) in [5, 5.41) is 0.0518. The van der Waals surface area contributed by atoms with Crippen molar-refractivity contribution in [2.45, 2.75) is 83.0 Å². The first-order chi connectivity index (χ1) is 13.1. The SMILES string of the molecule is CC(C)(C)[S@@+]([O-])N[C@](C)(c1ccccc1F)[C@H]1COC[C@H]1O[Si](C)(C)C(C)(C)C. The van der Waals surface area contributed by atoms with Gasteiger partial charge in [0.05, 0.1) is 24.9 Å². The van der Waals surface area contributed by atoms with Gasteiger partial charge in [-0.25, -0.2) is 4.39 Å². The van der Waals surface area contributed by atoms with Gasteiger partial charge < -0.3 is 13.7 Å². The first-order valence-electron chi connectivity index (χ1n) is 10.3. The molecule has 1 fully saturated rings. The van der Waals surface area contributed by atoms with Crippen LogP contribution in [-0.4, -0.2) is 36.9 Å². The van der Waals surface area contributed by atoms with E-state index in [9.17, 15) is 8.94 Å². The fraction of sp³-hybridized carbons (Fsp3) is 0.727. The van der Waals surface area contributed by atoms with Crippen LogP contribution in [0.3, 0.4) is 0 Å². The van der Waals surface area contributed by atoms with Gasteiger partial charge in [0.2, 0.25) is 0 Å². The van der Waals surface area contributed by atoms with Crippen molar-refractivity contribution in [3.63, 3.8) is 0 Å². The largest absolute Gasteiger partial charge is 0.598 e. The van der Waals surface area contributed by atoms with E-state index in [4.69, 9.17) is 9.16 Å². The molecule has 1 heterocycles. The summed E-state index contributed by atoms with van der Waals surface area (Å²) in [6, 6.07) is 6.71. The topological polar surface area (TPSA) is 53.5 Å². The van der Waals surface area contributed by atoms with Crippen molar-refractivity contribution in [2.75, 3.05) is 13.2 Å². The fourth-order valence-corrected chi connectivity index (χ4v) is 5.60. The van der Waals surface area contributed by atoms with E-state index < -0.39 is 30.0 Å². The van der Waals surface area contributed by atoms with Crippen LogP contribution in [-0.2, 0) is 26.1 Å². The summed E-state index contributed by atoms with van der Waals surface area (Å²) in [5.74, 6) is -0.480. The van der Waals surface area contributed by atoms with Crippen LogP contribution in [0.15, 0.2) is 24.3 Å². The Balaban J connectivity index is 2.46. The molecule has 1 aliphatic rings. The zero-order chi connectivity index (χ0) is 22.3. The summed E-state index contributed by atoms with van der Waals surface area (Å²) in [6.07, 6.45) is -0.190. The lowest BCUT2D eigenvalue weighted by molar-refractivity contribution is 0.0995. The third-order valence-corrected chi connectivity index (χ3v) is 12.5. The third-order valence-electron chi connectivity index (χ3n) is 6.32. The molecule has 4 atom stereocenters. The van der Waals surface area contributed by atoms with Gasteiger partial charge in [0.15, 0.2) is 8.32 Å². The fourth-order valence-electron chi connectivity index (χ4n) is 3.30. The number of benzene rings is 1. The number of hydrogen-bond donors (Lipinski definition) is 1. The van der Waals surface area contributed by atoms with Crippen LogP contribution in [0.5, 0.6) is 0 Å². The molecule has 0 aromatic heterocycles. The van der Waals surface area contributed by atoms with Gasteiger partial charge in [-0.2, -0.15) is 0 Å². The molecule has 0 saturated carbocycles. The van der Waals surface area contributed by atoms with Crippen LogP contribution in [0.25, 0.3) is 0 Å². The maximum absolute atomic E-state index is 14.9. The second-order valence-corrected chi connectivity index (χ2v) is 17.4. The highest BCUT2D eigenvalue weighted by Crippen LogP contribution is 2.43. The minimum Gasteiger partial charge on any atom is -0.598 e. The van der Waals surface area contributed by atoms with E-state index in [-0.39, 0.29) is 22.9 Å². The highest BCUT2D eigenvalue weighted by Gasteiger charge is 2.52. The van der Waals surface area contributed by atoms with Crippen molar-refractivity contribution in [3.8, 4) is 0 Å². The molecule has 1 aliphatic heterocycles. The van der Waals surface area contributed by atoms with Crippen molar-refractivity contribution in [2.24, 2.45) is 5.92 Å². The molecule has 29 heavy (non-hydrogen) atoms. The smallest absolute Gasteiger partial charge is 0.192 e. The molecular formula is C22H38FNO3SSi.